The van der Waals surface area contributed by atoms with Gasteiger partial charge in [-0.25, -0.2) is 0 Å². The Morgan fingerprint density at radius 3 is 2.94 bits per heavy atom. The number of hydrogen-bond donors (Lipinski definition) is 2. The molecule has 1 aliphatic heterocycles. The van der Waals surface area contributed by atoms with Crippen LogP contribution in [-0.4, -0.2) is 34.1 Å². The van der Waals surface area contributed by atoms with Crippen LogP contribution in [0.25, 0.3) is 0 Å². The van der Waals surface area contributed by atoms with Gasteiger partial charge in [-0.3, -0.25) is 9.88 Å². The van der Waals surface area contributed by atoms with Crippen LogP contribution in [0.2, 0.25) is 0 Å². The normalized spacial score (nSPS) is 25.4. The van der Waals surface area contributed by atoms with Gasteiger partial charge in [0.15, 0.2) is 0 Å². The first-order valence-electron chi connectivity index (χ1n) is 6.19. The van der Waals surface area contributed by atoms with Crippen LogP contribution < -0.4 is 5.73 Å². The standard InChI is InChI=1S/C13H21N3O/c1-9-3-4-13(17)12(15-9)8-16-7-11(6-14)5-10(16)2/h3-4,10-11,17H,5-8,14H2,1-2H3. The monoisotopic (exact) mass is 235 g/mol. The lowest BCUT2D eigenvalue weighted by atomic mass is 10.1. The summed E-state index contributed by atoms with van der Waals surface area (Å²) in [6, 6.07) is 4.07. The SMILES string of the molecule is Cc1ccc(O)c(CN2CC(CN)CC2C)n1. The highest BCUT2D eigenvalue weighted by Crippen LogP contribution is 2.26. The summed E-state index contributed by atoms with van der Waals surface area (Å²) in [5.41, 5.74) is 7.43. The number of aromatic nitrogens is 1. The lowest BCUT2D eigenvalue weighted by Crippen LogP contribution is -2.27. The number of aryl methyl sites for hydroxylation is 1. The highest BCUT2D eigenvalue weighted by atomic mass is 16.3. The molecule has 94 valence electrons. The maximum absolute atomic E-state index is 9.79. The van der Waals surface area contributed by atoms with Crippen LogP contribution in [0, 0.1) is 12.8 Å². The van der Waals surface area contributed by atoms with Crippen molar-refractivity contribution in [3.05, 3.63) is 23.5 Å². The zero-order valence-electron chi connectivity index (χ0n) is 10.6. The van der Waals surface area contributed by atoms with E-state index in [4.69, 9.17) is 5.73 Å². The van der Waals surface area contributed by atoms with Crippen molar-refractivity contribution in [3.8, 4) is 5.75 Å². The molecule has 1 aliphatic rings. The Kier molecular flexibility index (Phi) is 3.64. The molecular weight excluding hydrogens is 214 g/mol. The third-order valence-corrected chi connectivity index (χ3v) is 3.57. The quantitative estimate of drug-likeness (QED) is 0.828. The molecule has 1 aromatic heterocycles. The largest absolute Gasteiger partial charge is 0.506 e. The van der Waals surface area contributed by atoms with Crippen LogP contribution in [0.4, 0.5) is 0 Å². The molecule has 4 heteroatoms. The summed E-state index contributed by atoms with van der Waals surface area (Å²) in [7, 11) is 0. The number of pyridine rings is 1. The number of rotatable bonds is 3. The van der Waals surface area contributed by atoms with Gasteiger partial charge in [0.1, 0.15) is 5.75 Å². The summed E-state index contributed by atoms with van der Waals surface area (Å²) in [5, 5.41) is 9.79. The molecular formula is C13H21N3O. The summed E-state index contributed by atoms with van der Waals surface area (Å²) >= 11 is 0. The van der Waals surface area contributed by atoms with E-state index >= 15 is 0 Å². The number of hydrogen-bond acceptors (Lipinski definition) is 4. The van der Waals surface area contributed by atoms with Crippen LogP contribution in [0.3, 0.4) is 0 Å². The van der Waals surface area contributed by atoms with Crippen LogP contribution in [0.5, 0.6) is 5.75 Å². The Labute approximate surface area is 102 Å². The van der Waals surface area contributed by atoms with Gasteiger partial charge in [0, 0.05) is 24.8 Å². The molecule has 0 aliphatic carbocycles. The van der Waals surface area contributed by atoms with Gasteiger partial charge in [-0.1, -0.05) is 0 Å². The van der Waals surface area contributed by atoms with Crippen molar-refractivity contribution in [2.24, 2.45) is 11.7 Å². The predicted octanol–water partition coefficient (Wildman–Crippen LogP) is 1.26. The van der Waals surface area contributed by atoms with Crippen LogP contribution in [0.15, 0.2) is 12.1 Å². The third-order valence-electron chi connectivity index (χ3n) is 3.57. The molecule has 0 spiro atoms. The van der Waals surface area contributed by atoms with Gasteiger partial charge in [0.05, 0.1) is 5.69 Å². The van der Waals surface area contributed by atoms with Crippen molar-refractivity contribution < 1.29 is 5.11 Å². The van der Waals surface area contributed by atoms with Crippen molar-refractivity contribution in [1.29, 1.82) is 0 Å². The van der Waals surface area contributed by atoms with E-state index in [0.29, 0.717) is 24.3 Å². The second kappa shape index (κ2) is 5.02. The van der Waals surface area contributed by atoms with E-state index in [9.17, 15) is 5.11 Å². The van der Waals surface area contributed by atoms with Crippen LogP contribution >= 0.6 is 0 Å². The minimum Gasteiger partial charge on any atom is -0.506 e. The zero-order chi connectivity index (χ0) is 12.4. The Morgan fingerprint density at radius 1 is 1.53 bits per heavy atom. The molecule has 1 saturated heterocycles. The number of likely N-dealkylation sites (tertiary alicyclic amines) is 1. The number of nitrogens with two attached hydrogens (primary N) is 1. The highest BCUT2D eigenvalue weighted by molar-refractivity contribution is 5.27. The molecule has 2 unspecified atom stereocenters. The van der Waals surface area contributed by atoms with Crippen molar-refractivity contribution >= 4 is 0 Å². The zero-order valence-corrected chi connectivity index (χ0v) is 10.6. The fourth-order valence-electron chi connectivity index (χ4n) is 2.52. The summed E-state index contributed by atoms with van der Waals surface area (Å²) < 4.78 is 0. The molecule has 4 nitrogen and oxygen atoms in total. The van der Waals surface area contributed by atoms with Gasteiger partial charge < -0.3 is 10.8 Å². The Morgan fingerprint density at radius 2 is 2.29 bits per heavy atom. The van der Waals surface area contributed by atoms with Crippen molar-refractivity contribution in [2.75, 3.05) is 13.1 Å². The Balaban J connectivity index is 2.08. The molecule has 2 atom stereocenters. The molecule has 17 heavy (non-hydrogen) atoms. The van der Waals surface area contributed by atoms with Crippen molar-refractivity contribution in [3.63, 3.8) is 0 Å². The van der Waals surface area contributed by atoms with E-state index in [2.05, 4.69) is 16.8 Å². The summed E-state index contributed by atoms with van der Waals surface area (Å²) in [6.45, 7) is 6.62. The fraction of sp³-hybridized carbons (Fsp3) is 0.615. The van der Waals surface area contributed by atoms with Gasteiger partial charge in [-0.15, -0.1) is 0 Å². The topological polar surface area (TPSA) is 62.4 Å². The first-order chi connectivity index (χ1) is 8.10. The first-order valence-corrected chi connectivity index (χ1v) is 6.19. The van der Waals surface area contributed by atoms with E-state index in [1.54, 1.807) is 6.07 Å². The predicted molar refractivity (Wildman–Crippen MR) is 67.7 cm³/mol. The second-order valence-corrected chi connectivity index (χ2v) is 5.03. The van der Waals surface area contributed by atoms with E-state index in [-0.39, 0.29) is 0 Å². The maximum atomic E-state index is 9.79. The van der Waals surface area contributed by atoms with Gasteiger partial charge in [-0.2, -0.15) is 0 Å². The fourth-order valence-corrected chi connectivity index (χ4v) is 2.52. The third kappa shape index (κ3) is 2.76. The Hall–Kier alpha value is -1.13. The van der Waals surface area contributed by atoms with E-state index < -0.39 is 0 Å². The maximum Gasteiger partial charge on any atom is 0.138 e. The van der Waals surface area contributed by atoms with Crippen molar-refractivity contribution in [2.45, 2.75) is 32.9 Å². The highest BCUT2D eigenvalue weighted by Gasteiger charge is 2.28. The van der Waals surface area contributed by atoms with Crippen LogP contribution in [-0.2, 0) is 6.54 Å². The van der Waals surface area contributed by atoms with E-state index in [0.717, 1.165) is 30.9 Å². The van der Waals surface area contributed by atoms with Gasteiger partial charge in [0.2, 0.25) is 0 Å². The molecule has 3 N–H and O–H groups in total. The summed E-state index contributed by atoms with van der Waals surface area (Å²) in [5.74, 6) is 0.871. The summed E-state index contributed by atoms with van der Waals surface area (Å²) in [4.78, 5) is 6.74. The lowest BCUT2D eigenvalue weighted by molar-refractivity contribution is 0.249. The minimum absolute atomic E-state index is 0.291. The molecule has 0 aromatic carbocycles. The van der Waals surface area contributed by atoms with Crippen LogP contribution in [0.1, 0.15) is 24.7 Å². The minimum atomic E-state index is 0.291. The van der Waals surface area contributed by atoms with Gasteiger partial charge in [-0.05, 0) is 44.9 Å². The molecule has 2 rings (SSSR count). The average molecular weight is 235 g/mol. The molecule has 1 fully saturated rings. The first kappa shape index (κ1) is 12.3. The summed E-state index contributed by atoms with van der Waals surface area (Å²) in [6.07, 6.45) is 1.14. The molecule has 1 aromatic rings. The molecule has 2 heterocycles. The smallest absolute Gasteiger partial charge is 0.138 e. The molecule has 0 amide bonds. The second-order valence-electron chi connectivity index (χ2n) is 5.03. The number of aromatic hydroxyl groups is 1. The lowest BCUT2D eigenvalue weighted by Gasteiger charge is -2.21. The van der Waals surface area contributed by atoms with E-state index in [1.165, 1.54) is 0 Å². The number of nitrogens with zero attached hydrogens (tertiary/aromatic N) is 2. The van der Waals surface area contributed by atoms with Gasteiger partial charge >= 0.3 is 0 Å². The molecule has 0 radical (unpaired) electrons. The Bertz CT molecular complexity index is 394. The average Bonchev–Trinajstić information content (AvgIpc) is 2.65. The molecule has 0 bridgehead atoms. The van der Waals surface area contributed by atoms with E-state index in [1.807, 2.05) is 13.0 Å². The van der Waals surface area contributed by atoms with Gasteiger partial charge in [0.25, 0.3) is 0 Å². The molecule has 0 saturated carbocycles. The van der Waals surface area contributed by atoms with Crippen molar-refractivity contribution in [1.82, 2.24) is 9.88 Å².